The Morgan fingerprint density at radius 1 is 1.15 bits per heavy atom. The average Bonchev–Trinajstić information content (AvgIpc) is 2.47. The minimum absolute atomic E-state index is 0.135. The zero-order valence-electron chi connectivity index (χ0n) is 11.1. The van der Waals surface area contributed by atoms with Crippen LogP contribution in [0.4, 0.5) is 11.6 Å². The van der Waals surface area contributed by atoms with Crippen LogP contribution in [0.1, 0.15) is 5.56 Å². The van der Waals surface area contributed by atoms with Gasteiger partial charge in [-0.3, -0.25) is 0 Å². The summed E-state index contributed by atoms with van der Waals surface area (Å²) in [6, 6.07) is 5.08. The second kappa shape index (κ2) is 5.91. The molecule has 0 bridgehead atoms. The topological polar surface area (TPSA) is 115 Å². The summed E-state index contributed by atoms with van der Waals surface area (Å²) < 4.78 is 9.88. The largest absolute Gasteiger partial charge is 0.508 e. The molecular formula is C12H15N5O3. The van der Waals surface area contributed by atoms with E-state index in [2.05, 4.69) is 20.3 Å². The average molecular weight is 277 g/mol. The fourth-order valence-corrected chi connectivity index (χ4v) is 1.52. The summed E-state index contributed by atoms with van der Waals surface area (Å²) in [4.78, 5) is 11.9. The zero-order chi connectivity index (χ0) is 14.5. The first-order valence-corrected chi connectivity index (χ1v) is 5.77. The van der Waals surface area contributed by atoms with E-state index in [-0.39, 0.29) is 23.7 Å². The highest BCUT2D eigenvalue weighted by molar-refractivity contribution is 5.48. The summed E-state index contributed by atoms with van der Waals surface area (Å²) >= 11 is 0. The fourth-order valence-electron chi connectivity index (χ4n) is 1.52. The molecule has 8 heteroatoms. The van der Waals surface area contributed by atoms with Crippen molar-refractivity contribution in [2.24, 2.45) is 0 Å². The molecule has 8 nitrogen and oxygen atoms in total. The lowest BCUT2D eigenvalue weighted by molar-refractivity contribution is 0.341. The molecule has 1 aromatic heterocycles. The van der Waals surface area contributed by atoms with Crippen LogP contribution in [0.25, 0.3) is 0 Å². The van der Waals surface area contributed by atoms with Crippen molar-refractivity contribution in [1.29, 1.82) is 0 Å². The van der Waals surface area contributed by atoms with E-state index in [4.69, 9.17) is 15.2 Å². The molecule has 0 saturated heterocycles. The van der Waals surface area contributed by atoms with Crippen molar-refractivity contribution < 1.29 is 14.6 Å². The van der Waals surface area contributed by atoms with Gasteiger partial charge >= 0.3 is 12.0 Å². The number of rotatable bonds is 5. The first-order chi connectivity index (χ1) is 9.62. The van der Waals surface area contributed by atoms with Crippen molar-refractivity contribution >= 4 is 11.6 Å². The van der Waals surface area contributed by atoms with E-state index in [1.807, 2.05) is 0 Å². The van der Waals surface area contributed by atoms with Crippen LogP contribution in [0.2, 0.25) is 0 Å². The Morgan fingerprint density at radius 2 is 1.80 bits per heavy atom. The number of benzene rings is 1. The minimum Gasteiger partial charge on any atom is -0.508 e. The van der Waals surface area contributed by atoms with Gasteiger partial charge in [-0.25, -0.2) is 0 Å². The van der Waals surface area contributed by atoms with Crippen molar-refractivity contribution in [3.05, 3.63) is 23.8 Å². The lowest BCUT2D eigenvalue weighted by Crippen LogP contribution is -2.07. The van der Waals surface area contributed by atoms with Crippen LogP contribution >= 0.6 is 0 Å². The lowest BCUT2D eigenvalue weighted by atomic mass is 10.2. The van der Waals surface area contributed by atoms with Gasteiger partial charge in [0.15, 0.2) is 0 Å². The predicted octanol–water partition coefficient (Wildman–Crippen LogP) is 0.789. The summed E-state index contributed by atoms with van der Waals surface area (Å²) in [5.41, 5.74) is 6.86. The number of nitrogens with two attached hydrogens (primary N) is 1. The monoisotopic (exact) mass is 277 g/mol. The maximum Gasteiger partial charge on any atom is 0.324 e. The number of phenolic OH excluding ortho intramolecular Hbond substituents is 1. The van der Waals surface area contributed by atoms with Crippen LogP contribution in [0.3, 0.4) is 0 Å². The number of hydrogen-bond acceptors (Lipinski definition) is 8. The van der Waals surface area contributed by atoms with Crippen molar-refractivity contribution in [3.63, 3.8) is 0 Å². The Bertz CT molecular complexity index is 583. The van der Waals surface area contributed by atoms with Gasteiger partial charge in [0.1, 0.15) is 5.75 Å². The van der Waals surface area contributed by atoms with Crippen LogP contribution in [-0.2, 0) is 6.54 Å². The molecule has 2 aromatic rings. The SMILES string of the molecule is COc1nc(NCc2cc(N)ccc2O)nc(OC)n1. The van der Waals surface area contributed by atoms with Gasteiger partial charge < -0.3 is 25.6 Å². The number of aromatic hydroxyl groups is 1. The fraction of sp³-hybridized carbons (Fsp3) is 0.250. The van der Waals surface area contributed by atoms with E-state index in [0.717, 1.165) is 0 Å². The summed E-state index contributed by atoms with van der Waals surface area (Å²) in [7, 11) is 2.89. The summed E-state index contributed by atoms with van der Waals surface area (Å²) in [5, 5.41) is 12.7. The van der Waals surface area contributed by atoms with Gasteiger partial charge in [-0.1, -0.05) is 0 Å². The van der Waals surface area contributed by atoms with Gasteiger partial charge in [0, 0.05) is 17.8 Å². The summed E-state index contributed by atoms with van der Waals surface area (Å²) in [6.45, 7) is 0.299. The van der Waals surface area contributed by atoms with E-state index in [1.54, 1.807) is 12.1 Å². The first-order valence-electron chi connectivity index (χ1n) is 5.77. The van der Waals surface area contributed by atoms with E-state index in [0.29, 0.717) is 17.8 Å². The predicted molar refractivity (Wildman–Crippen MR) is 72.8 cm³/mol. The molecule has 0 fully saturated rings. The molecule has 1 aromatic carbocycles. The molecule has 0 aliphatic rings. The van der Waals surface area contributed by atoms with Gasteiger partial charge in [-0.15, -0.1) is 4.98 Å². The molecule has 20 heavy (non-hydrogen) atoms. The third kappa shape index (κ3) is 3.16. The highest BCUT2D eigenvalue weighted by Crippen LogP contribution is 2.21. The van der Waals surface area contributed by atoms with Crippen LogP contribution in [-0.4, -0.2) is 34.3 Å². The molecule has 0 radical (unpaired) electrons. The van der Waals surface area contributed by atoms with Gasteiger partial charge in [0.2, 0.25) is 5.95 Å². The van der Waals surface area contributed by atoms with Crippen LogP contribution in [0.5, 0.6) is 17.8 Å². The highest BCUT2D eigenvalue weighted by atomic mass is 16.5. The number of aromatic nitrogens is 3. The molecule has 106 valence electrons. The lowest BCUT2D eigenvalue weighted by Gasteiger charge is -2.09. The summed E-state index contributed by atoms with van der Waals surface area (Å²) in [6.07, 6.45) is 0. The molecule has 0 unspecified atom stereocenters. The number of nitrogens with zero attached hydrogens (tertiary/aromatic N) is 3. The Hall–Kier alpha value is -2.77. The van der Waals surface area contributed by atoms with Crippen molar-refractivity contribution in [2.45, 2.75) is 6.54 Å². The molecule has 0 aliphatic carbocycles. The number of hydrogen-bond donors (Lipinski definition) is 3. The maximum atomic E-state index is 9.72. The number of phenols is 1. The molecule has 0 saturated carbocycles. The third-order valence-corrected chi connectivity index (χ3v) is 2.50. The molecule has 2 rings (SSSR count). The molecule has 0 aliphatic heterocycles. The van der Waals surface area contributed by atoms with Crippen molar-refractivity contribution in [1.82, 2.24) is 15.0 Å². The molecule has 0 atom stereocenters. The smallest absolute Gasteiger partial charge is 0.324 e. The Morgan fingerprint density at radius 3 is 2.40 bits per heavy atom. The maximum absolute atomic E-state index is 9.72. The van der Waals surface area contributed by atoms with E-state index in [1.165, 1.54) is 20.3 Å². The number of anilines is 2. The van der Waals surface area contributed by atoms with Crippen molar-refractivity contribution in [2.75, 3.05) is 25.3 Å². The minimum atomic E-state index is 0.135. The molecule has 0 spiro atoms. The van der Waals surface area contributed by atoms with Gasteiger partial charge in [-0.05, 0) is 18.2 Å². The van der Waals surface area contributed by atoms with Gasteiger partial charge in [-0.2, -0.15) is 9.97 Å². The molecular weight excluding hydrogens is 262 g/mol. The Balaban J connectivity index is 2.16. The van der Waals surface area contributed by atoms with E-state index in [9.17, 15) is 5.11 Å². The zero-order valence-corrected chi connectivity index (χ0v) is 11.1. The van der Waals surface area contributed by atoms with Crippen LogP contribution in [0, 0.1) is 0 Å². The van der Waals surface area contributed by atoms with Crippen LogP contribution < -0.4 is 20.5 Å². The third-order valence-electron chi connectivity index (χ3n) is 2.50. The van der Waals surface area contributed by atoms with E-state index < -0.39 is 0 Å². The standard InChI is InChI=1S/C12H15N5O3/c1-19-11-15-10(16-12(17-11)20-2)14-6-7-5-8(13)3-4-9(7)18/h3-5,18H,6,13H2,1-2H3,(H,14,15,16,17). The number of ether oxygens (including phenoxy) is 2. The van der Waals surface area contributed by atoms with Crippen LogP contribution in [0.15, 0.2) is 18.2 Å². The normalized spacial score (nSPS) is 10.1. The molecule has 4 N–H and O–H groups in total. The highest BCUT2D eigenvalue weighted by Gasteiger charge is 2.08. The molecule has 1 heterocycles. The van der Waals surface area contributed by atoms with Gasteiger partial charge in [0.25, 0.3) is 0 Å². The van der Waals surface area contributed by atoms with Gasteiger partial charge in [0.05, 0.1) is 14.2 Å². The quantitative estimate of drug-likeness (QED) is 0.542. The summed E-state index contributed by atoms with van der Waals surface area (Å²) in [5.74, 6) is 0.412. The first kappa shape index (κ1) is 13.7. The number of methoxy groups -OCH3 is 2. The second-order valence-electron chi connectivity index (χ2n) is 3.87. The second-order valence-corrected chi connectivity index (χ2v) is 3.87. The molecule has 0 amide bonds. The Labute approximate surface area is 115 Å². The Kier molecular flexibility index (Phi) is 4.04. The van der Waals surface area contributed by atoms with E-state index >= 15 is 0 Å². The van der Waals surface area contributed by atoms with Crippen molar-refractivity contribution in [3.8, 4) is 17.8 Å². The number of nitrogens with one attached hydrogen (secondary N) is 1. The number of nitrogen functional groups attached to an aromatic ring is 1.